The Balaban J connectivity index is 3.44. The molecule has 0 saturated heterocycles. The fourth-order valence-corrected chi connectivity index (χ4v) is 1.84. The molecule has 0 unspecified atom stereocenters. The van der Waals surface area contributed by atoms with Gasteiger partial charge in [0.2, 0.25) is 5.88 Å². The summed E-state index contributed by atoms with van der Waals surface area (Å²) in [4.78, 5) is 11.5. The minimum atomic E-state index is -4.27. The molecule has 0 fully saturated rings. The van der Waals surface area contributed by atoms with Crippen molar-refractivity contribution in [3.63, 3.8) is 0 Å². The van der Waals surface area contributed by atoms with Gasteiger partial charge < -0.3 is 5.11 Å². The molecule has 0 aliphatic rings. The highest BCUT2D eigenvalue weighted by Crippen LogP contribution is 2.11. The summed E-state index contributed by atoms with van der Waals surface area (Å²) >= 11 is 0. The van der Waals surface area contributed by atoms with Crippen LogP contribution in [0.25, 0.3) is 0 Å². The van der Waals surface area contributed by atoms with Gasteiger partial charge in [0, 0.05) is 12.6 Å². The van der Waals surface area contributed by atoms with Crippen LogP contribution >= 0.6 is 0 Å². The van der Waals surface area contributed by atoms with Crippen LogP contribution in [0, 0.1) is 13.0 Å². The fraction of sp³-hybridized carbons (Fsp3) is 0.375. The molecular weight excluding hydrogens is 222 g/mol. The molecule has 1 rings (SSSR count). The lowest BCUT2D eigenvalue weighted by molar-refractivity contribution is 0.420. The van der Waals surface area contributed by atoms with Gasteiger partial charge in [-0.05, 0) is 12.5 Å². The number of aromatic nitrogens is 1. The van der Waals surface area contributed by atoms with Gasteiger partial charge in [0.05, 0.1) is 6.07 Å². The number of hydrogen-bond donors (Lipinski definition) is 2. The highest BCUT2D eigenvalue weighted by atomic mass is 32.2. The van der Waals surface area contributed by atoms with Crippen molar-refractivity contribution in [1.29, 1.82) is 0 Å². The highest BCUT2D eigenvalue weighted by molar-refractivity contribution is 7.85. The summed E-state index contributed by atoms with van der Waals surface area (Å²) in [7, 11) is -2.99. The predicted molar refractivity (Wildman–Crippen MR) is 52.2 cm³/mol. The molecule has 7 heteroatoms. The molecule has 83 valence electrons. The maximum absolute atomic E-state index is 11.5. The summed E-state index contributed by atoms with van der Waals surface area (Å²) in [6.07, 6.45) is 0. The van der Waals surface area contributed by atoms with Crippen LogP contribution in [0.1, 0.15) is 11.1 Å². The second-order valence-electron chi connectivity index (χ2n) is 3.14. The molecule has 15 heavy (non-hydrogen) atoms. The average Bonchev–Trinajstić information content (AvgIpc) is 2.07. The Labute approximate surface area is 86.5 Å². The maximum Gasteiger partial charge on any atom is 0.269 e. The van der Waals surface area contributed by atoms with Crippen LogP contribution in [0.3, 0.4) is 0 Å². The first-order chi connectivity index (χ1) is 6.72. The van der Waals surface area contributed by atoms with Crippen molar-refractivity contribution in [1.82, 2.24) is 4.57 Å². The van der Waals surface area contributed by atoms with Crippen LogP contribution in [-0.4, -0.2) is 22.6 Å². The van der Waals surface area contributed by atoms with E-state index >= 15 is 0 Å². The number of nitrogens with zero attached hydrogens (tertiary/aromatic N) is 1. The van der Waals surface area contributed by atoms with E-state index in [1.54, 1.807) is 0 Å². The van der Waals surface area contributed by atoms with Crippen molar-refractivity contribution < 1.29 is 18.1 Å². The Morgan fingerprint density at radius 3 is 2.47 bits per heavy atom. The minimum absolute atomic E-state index is 0.0993. The first-order valence-corrected chi connectivity index (χ1v) is 5.59. The Bertz CT molecular complexity index is 543. The Kier molecular flexibility index (Phi) is 2.87. The Hall–Kier alpha value is -1.34. The molecule has 0 atom stereocenters. The molecule has 1 aromatic heterocycles. The Morgan fingerprint density at radius 1 is 1.47 bits per heavy atom. The van der Waals surface area contributed by atoms with Gasteiger partial charge in [-0.15, -0.1) is 0 Å². The molecule has 1 radical (unpaired) electrons. The summed E-state index contributed by atoms with van der Waals surface area (Å²) in [5.74, 6) is -1.15. The van der Waals surface area contributed by atoms with Crippen LogP contribution in [-0.2, 0) is 22.9 Å². The summed E-state index contributed by atoms with van der Waals surface area (Å²) < 4.78 is 30.7. The average molecular weight is 232 g/mol. The molecule has 2 N–H and O–H groups in total. The summed E-state index contributed by atoms with van der Waals surface area (Å²) in [6, 6.07) is 2.41. The minimum Gasteiger partial charge on any atom is -0.494 e. The zero-order valence-electron chi connectivity index (χ0n) is 8.18. The van der Waals surface area contributed by atoms with E-state index < -0.39 is 21.4 Å². The van der Waals surface area contributed by atoms with Crippen molar-refractivity contribution in [3.05, 3.63) is 27.5 Å². The zero-order valence-corrected chi connectivity index (χ0v) is 9.00. The van der Waals surface area contributed by atoms with Gasteiger partial charge in [-0.1, -0.05) is 0 Å². The van der Waals surface area contributed by atoms with Crippen molar-refractivity contribution in [2.75, 3.05) is 0 Å². The van der Waals surface area contributed by atoms with E-state index in [-0.39, 0.29) is 17.0 Å². The molecule has 0 aromatic carbocycles. The maximum atomic E-state index is 11.5. The van der Waals surface area contributed by atoms with Gasteiger partial charge in [-0.25, -0.2) is 0 Å². The smallest absolute Gasteiger partial charge is 0.269 e. The van der Waals surface area contributed by atoms with E-state index in [0.717, 1.165) is 4.57 Å². The monoisotopic (exact) mass is 232 g/mol. The molecule has 6 nitrogen and oxygen atoms in total. The molecule has 0 amide bonds. The number of pyridine rings is 1. The lowest BCUT2D eigenvalue weighted by Crippen LogP contribution is -2.24. The normalized spacial score (nSPS) is 11.7. The Morgan fingerprint density at radius 2 is 2.00 bits per heavy atom. The van der Waals surface area contributed by atoms with Gasteiger partial charge in [0.25, 0.3) is 15.7 Å². The quantitative estimate of drug-likeness (QED) is 0.675. The molecule has 0 saturated carbocycles. The van der Waals surface area contributed by atoms with Crippen molar-refractivity contribution >= 4 is 10.1 Å². The van der Waals surface area contributed by atoms with Crippen LogP contribution in [0.15, 0.2) is 4.79 Å². The van der Waals surface area contributed by atoms with Gasteiger partial charge >= 0.3 is 0 Å². The van der Waals surface area contributed by atoms with Gasteiger partial charge in [0.15, 0.2) is 0 Å². The molecule has 0 aliphatic heterocycles. The third-order valence-corrected chi connectivity index (χ3v) is 2.61. The van der Waals surface area contributed by atoms with E-state index in [9.17, 15) is 18.3 Å². The van der Waals surface area contributed by atoms with E-state index in [4.69, 9.17) is 4.55 Å². The lowest BCUT2D eigenvalue weighted by atomic mass is 10.2. The van der Waals surface area contributed by atoms with Crippen LogP contribution < -0.4 is 5.56 Å². The van der Waals surface area contributed by atoms with Crippen LogP contribution in [0.4, 0.5) is 0 Å². The summed E-state index contributed by atoms with van der Waals surface area (Å²) in [6.45, 7) is 1.43. The van der Waals surface area contributed by atoms with E-state index in [0.29, 0.717) is 0 Å². The van der Waals surface area contributed by atoms with Crippen molar-refractivity contribution in [2.24, 2.45) is 7.05 Å². The van der Waals surface area contributed by atoms with E-state index in [2.05, 4.69) is 6.07 Å². The first kappa shape index (κ1) is 11.7. The second kappa shape index (κ2) is 3.67. The van der Waals surface area contributed by atoms with Crippen LogP contribution in [0.2, 0.25) is 0 Å². The van der Waals surface area contributed by atoms with Crippen molar-refractivity contribution in [3.8, 4) is 5.88 Å². The molecular formula is C8H10NO5S. The summed E-state index contributed by atoms with van der Waals surface area (Å²) in [5.41, 5.74) is -0.563. The van der Waals surface area contributed by atoms with Gasteiger partial charge in [0.1, 0.15) is 5.75 Å². The van der Waals surface area contributed by atoms with Crippen LogP contribution in [0.5, 0.6) is 5.88 Å². The molecule has 0 bridgehead atoms. The van der Waals surface area contributed by atoms with Crippen molar-refractivity contribution in [2.45, 2.75) is 12.7 Å². The lowest BCUT2D eigenvalue weighted by Gasteiger charge is -2.07. The number of rotatable bonds is 2. The first-order valence-electron chi connectivity index (χ1n) is 3.98. The predicted octanol–water partition coefficient (Wildman–Crippen LogP) is -0.413. The fourth-order valence-electron chi connectivity index (χ4n) is 1.14. The third-order valence-electron chi connectivity index (χ3n) is 1.96. The van der Waals surface area contributed by atoms with Gasteiger partial charge in [-0.2, -0.15) is 8.42 Å². The third kappa shape index (κ3) is 2.57. The zero-order chi connectivity index (χ0) is 11.8. The standard InChI is InChI=1S/C8H10NO5S/c1-5-3-7(10)9(2)8(11)6(5)4-15(12,13)14/h10H,4H2,1-2H3,(H,12,13,14). The number of hydrogen-bond acceptors (Lipinski definition) is 4. The number of aromatic hydroxyl groups is 1. The van der Waals surface area contributed by atoms with E-state index in [1.165, 1.54) is 14.0 Å². The summed E-state index contributed by atoms with van der Waals surface area (Å²) in [5, 5.41) is 9.20. The van der Waals surface area contributed by atoms with Gasteiger partial charge in [-0.3, -0.25) is 13.9 Å². The highest BCUT2D eigenvalue weighted by Gasteiger charge is 2.15. The SMILES string of the molecule is Cc1[c]c(O)n(C)c(=O)c1CS(=O)(=O)O. The second-order valence-corrected chi connectivity index (χ2v) is 4.60. The topological polar surface area (TPSA) is 96.6 Å². The molecule has 0 aliphatic carbocycles. The number of aryl methyl sites for hydroxylation is 1. The molecule has 0 spiro atoms. The largest absolute Gasteiger partial charge is 0.494 e. The van der Waals surface area contributed by atoms with E-state index in [1.807, 2.05) is 0 Å². The molecule has 1 aromatic rings. The molecule has 1 heterocycles.